The lowest BCUT2D eigenvalue weighted by atomic mass is 9.88. The highest BCUT2D eigenvalue weighted by atomic mass is 16.6. The number of hydrogen-bond acceptors (Lipinski definition) is 7. The predicted octanol–water partition coefficient (Wildman–Crippen LogP) is 3.72. The van der Waals surface area contributed by atoms with Gasteiger partial charge in [0.2, 0.25) is 5.91 Å². The Balaban J connectivity index is 3.49. The van der Waals surface area contributed by atoms with Crippen LogP contribution in [-0.2, 0) is 30.2 Å². The number of rotatable bonds is 10. The Labute approximate surface area is 220 Å². The number of hydrogen-bond donors (Lipinski definition) is 3. The summed E-state index contributed by atoms with van der Waals surface area (Å²) >= 11 is 0. The van der Waals surface area contributed by atoms with E-state index in [1.807, 2.05) is 19.9 Å². The molecule has 0 aromatic heterocycles. The maximum atomic E-state index is 13.9. The Morgan fingerprint density at radius 1 is 0.865 bits per heavy atom. The van der Waals surface area contributed by atoms with Crippen LogP contribution in [0.3, 0.4) is 0 Å². The van der Waals surface area contributed by atoms with Crippen molar-refractivity contribution in [2.24, 2.45) is 5.92 Å². The highest BCUT2D eigenvalue weighted by Gasteiger charge is 2.43. The molecule has 208 valence electrons. The number of benzene rings is 1. The van der Waals surface area contributed by atoms with Gasteiger partial charge in [-0.1, -0.05) is 44.2 Å². The number of ether oxygens (including phenoxy) is 3. The van der Waals surface area contributed by atoms with Crippen molar-refractivity contribution in [2.45, 2.75) is 91.0 Å². The SMILES string of the molecule is COC(=O)[C@H](CC(C)C)NC(=O)[C@](CNC(=O)OC(C)(C)C)(Cc1ccccc1)NC(=O)OC(C)(C)C. The van der Waals surface area contributed by atoms with E-state index in [2.05, 4.69) is 16.0 Å². The number of amides is 3. The van der Waals surface area contributed by atoms with E-state index >= 15 is 0 Å². The molecule has 0 bridgehead atoms. The lowest BCUT2D eigenvalue weighted by Gasteiger charge is -2.36. The van der Waals surface area contributed by atoms with Gasteiger partial charge in [-0.15, -0.1) is 0 Å². The minimum absolute atomic E-state index is 0.00964. The maximum Gasteiger partial charge on any atom is 0.408 e. The highest BCUT2D eigenvalue weighted by Crippen LogP contribution is 2.18. The molecule has 0 spiro atoms. The summed E-state index contributed by atoms with van der Waals surface area (Å²) in [6.45, 7) is 13.7. The van der Waals surface area contributed by atoms with Gasteiger partial charge in [0.15, 0.2) is 0 Å². The predicted molar refractivity (Wildman–Crippen MR) is 140 cm³/mol. The molecule has 0 saturated carbocycles. The first-order valence-corrected chi connectivity index (χ1v) is 12.4. The van der Waals surface area contributed by atoms with Crippen LogP contribution in [0.15, 0.2) is 30.3 Å². The van der Waals surface area contributed by atoms with Crippen LogP contribution in [0.2, 0.25) is 0 Å². The van der Waals surface area contributed by atoms with Crippen molar-refractivity contribution in [3.05, 3.63) is 35.9 Å². The monoisotopic (exact) mass is 521 g/mol. The number of nitrogens with one attached hydrogen (secondary N) is 3. The van der Waals surface area contributed by atoms with Crippen molar-refractivity contribution in [1.29, 1.82) is 0 Å². The third-order valence-electron chi connectivity index (χ3n) is 4.96. The van der Waals surface area contributed by atoms with E-state index in [0.717, 1.165) is 0 Å². The third-order valence-corrected chi connectivity index (χ3v) is 4.96. The topological polar surface area (TPSA) is 132 Å². The normalized spacial score (nSPS) is 14.1. The Hall–Kier alpha value is -3.30. The molecule has 0 saturated heterocycles. The fraction of sp³-hybridized carbons (Fsp3) is 0.630. The van der Waals surface area contributed by atoms with Gasteiger partial charge in [0.05, 0.1) is 13.7 Å². The summed E-state index contributed by atoms with van der Waals surface area (Å²) in [6.07, 6.45) is -1.32. The fourth-order valence-electron chi connectivity index (χ4n) is 3.47. The van der Waals surface area contributed by atoms with Crippen LogP contribution in [0.1, 0.15) is 67.4 Å². The summed E-state index contributed by atoms with van der Waals surface area (Å²) in [5.41, 5.74) is -2.65. The van der Waals surface area contributed by atoms with Crippen LogP contribution in [-0.4, -0.2) is 60.5 Å². The summed E-state index contributed by atoms with van der Waals surface area (Å²) in [4.78, 5) is 51.8. The van der Waals surface area contributed by atoms with E-state index in [1.165, 1.54) is 7.11 Å². The molecular formula is C27H43N3O7. The molecule has 0 unspecified atom stereocenters. The first-order chi connectivity index (χ1) is 17.0. The van der Waals surface area contributed by atoms with Crippen LogP contribution in [0.4, 0.5) is 9.59 Å². The van der Waals surface area contributed by atoms with Gasteiger partial charge in [0.25, 0.3) is 0 Å². The van der Waals surface area contributed by atoms with Crippen molar-refractivity contribution < 1.29 is 33.4 Å². The first kappa shape index (κ1) is 31.7. The molecule has 1 aromatic rings. The van der Waals surface area contributed by atoms with Gasteiger partial charge >= 0.3 is 18.2 Å². The molecule has 10 heteroatoms. The lowest BCUT2D eigenvalue weighted by molar-refractivity contribution is -0.146. The van der Waals surface area contributed by atoms with E-state index in [0.29, 0.717) is 12.0 Å². The second kappa shape index (κ2) is 13.3. The van der Waals surface area contributed by atoms with Crippen molar-refractivity contribution in [3.8, 4) is 0 Å². The molecule has 0 radical (unpaired) electrons. The Morgan fingerprint density at radius 2 is 1.41 bits per heavy atom. The number of alkyl carbamates (subject to hydrolysis) is 2. The molecular weight excluding hydrogens is 478 g/mol. The molecule has 3 N–H and O–H groups in total. The summed E-state index contributed by atoms with van der Waals surface area (Å²) in [6, 6.07) is 8.03. The van der Waals surface area contributed by atoms with E-state index in [1.54, 1.807) is 65.8 Å². The smallest absolute Gasteiger partial charge is 0.408 e. The molecule has 1 rings (SSSR count). The second-order valence-corrected chi connectivity index (χ2v) is 11.4. The molecule has 0 fully saturated rings. The highest BCUT2D eigenvalue weighted by molar-refractivity contribution is 5.94. The zero-order valence-electron chi connectivity index (χ0n) is 23.5. The Morgan fingerprint density at radius 3 is 1.89 bits per heavy atom. The lowest BCUT2D eigenvalue weighted by Crippen LogP contribution is -2.67. The van der Waals surface area contributed by atoms with Crippen LogP contribution in [0, 0.1) is 5.92 Å². The zero-order valence-corrected chi connectivity index (χ0v) is 23.5. The van der Waals surface area contributed by atoms with E-state index in [9.17, 15) is 19.2 Å². The summed E-state index contributed by atoms with van der Waals surface area (Å²) < 4.78 is 15.7. The zero-order chi connectivity index (χ0) is 28.4. The molecule has 0 aliphatic rings. The van der Waals surface area contributed by atoms with E-state index in [4.69, 9.17) is 14.2 Å². The average molecular weight is 522 g/mol. The summed E-state index contributed by atoms with van der Waals surface area (Å²) in [5.74, 6) is -1.24. The third kappa shape index (κ3) is 12.0. The van der Waals surface area contributed by atoms with Crippen molar-refractivity contribution >= 4 is 24.1 Å². The summed E-state index contributed by atoms with van der Waals surface area (Å²) in [5, 5.41) is 8.00. The van der Waals surface area contributed by atoms with Crippen LogP contribution >= 0.6 is 0 Å². The fourth-order valence-corrected chi connectivity index (χ4v) is 3.47. The van der Waals surface area contributed by atoms with Gasteiger partial charge in [0, 0.05) is 6.42 Å². The Bertz CT molecular complexity index is 920. The molecule has 0 aliphatic carbocycles. The van der Waals surface area contributed by atoms with Gasteiger partial charge in [-0.05, 0) is 59.4 Å². The minimum Gasteiger partial charge on any atom is -0.467 e. The maximum absolute atomic E-state index is 13.9. The van der Waals surface area contributed by atoms with Crippen LogP contribution in [0.5, 0.6) is 0 Å². The average Bonchev–Trinajstić information content (AvgIpc) is 2.74. The number of methoxy groups -OCH3 is 1. The Kier molecular flexibility index (Phi) is 11.4. The van der Waals surface area contributed by atoms with Gasteiger partial charge in [-0.2, -0.15) is 0 Å². The molecule has 0 heterocycles. The largest absolute Gasteiger partial charge is 0.467 e. The number of esters is 1. The van der Waals surface area contributed by atoms with Crippen LogP contribution in [0.25, 0.3) is 0 Å². The van der Waals surface area contributed by atoms with Crippen molar-refractivity contribution in [2.75, 3.05) is 13.7 Å². The second-order valence-electron chi connectivity index (χ2n) is 11.4. The molecule has 0 aliphatic heterocycles. The van der Waals surface area contributed by atoms with Crippen molar-refractivity contribution in [3.63, 3.8) is 0 Å². The number of carbonyl (C=O) groups is 4. The van der Waals surface area contributed by atoms with Gasteiger partial charge in [-0.3, -0.25) is 4.79 Å². The first-order valence-electron chi connectivity index (χ1n) is 12.4. The minimum atomic E-state index is -1.73. The molecule has 1 aromatic carbocycles. The van der Waals surface area contributed by atoms with Gasteiger partial charge in [0.1, 0.15) is 22.8 Å². The molecule has 2 atom stereocenters. The van der Waals surface area contributed by atoms with Gasteiger partial charge in [-0.25, -0.2) is 14.4 Å². The van der Waals surface area contributed by atoms with E-state index in [-0.39, 0.29) is 18.9 Å². The summed E-state index contributed by atoms with van der Waals surface area (Å²) in [7, 11) is 1.24. The number of carbonyl (C=O) groups excluding carboxylic acids is 4. The molecule has 3 amide bonds. The van der Waals surface area contributed by atoms with Crippen LogP contribution < -0.4 is 16.0 Å². The van der Waals surface area contributed by atoms with E-state index < -0.39 is 46.8 Å². The standard InChI is InChI=1S/C27H43N3O7/c1-18(2)15-20(21(31)35-9)29-22(32)27(16-19-13-11-10-12-14-19,30-24(34)37-26(6,7)8)17-28-23(33)36-25(3,4)5/h10-14,18,20H,15-17H2,1-9H3,(H,28,33)(H,29,32)(H,30,34)/t20-,27+/m0/s1. The molecule has 37 heavy (non-hydrogen) atoms. The van der Waals surface area contributed by atoms with Gasteiger partial charge < -0.3 is 30.2 Å². The van der Waals surface area contributed by atoms with Crippen molar-refractivity contribution in [1.82, 2.24) is 16.0 Å². The quantitative estimate of drug-likeness (QED) is 0.316. The molecule has 10 nitrogen and oxygen atoms in total.